The maximum atomic E-state index is 13.5. The minimum atomic E-state index is -0.625. The van der Waals surface area contributed by atoms with Crippen molar-refractivity contribution < 1.29 is 9.18 Å². The second-order valence-electron chi connectivity index (χ2n) is 3.92. The van der Waals surface area contributed by atoms with E-state index in [4.69, 9.17) is 12.2 Å². The van der Waals surface area contributed by atoms with Crippen LogP contribution in [0.5, 0.6) is 0 Å². The van der Waals surface area contributed by atoms with Gasteiger partial charge >= 0.3 is 0 Å². The smallest absolute Gasteiger partial charge is 0.258 e. The molecule has 4 heteroatoms. The molecular weight excluding hydrogens is 243 g/mol. The molecule has 0 aromatic heterocycles. The molecule has 94 valence electrons. The van der Waals surface area contributed by atoms with Crippen molar-refractivity contribution in [1.29, 1.82) is 0 Å². The number of nitrogen functional groups attached to an aromatic ring is 1. The van der Waals surface area contributed by atoms with E-state index < -0.39 is 11.7 Å². The van der Waals surface area contributed by atoms with E-state index in [0.717, 1.165) is 6.07 Å². The van der Waals surface area contributed by atoms with Crippen molar-refractivity contribution in [2.75, 3.05) is 11.1 Å². The van der Waals surface area contributed by atoms with Crippen LogP contribution in [0.4, 0.5) is 15.8 Å². The normalized spacial score (nSPS) is 9.68. The zero-order chi connectivity index (χ0) is 13.8. The van der Waals surface area contributed by atoms with Crippen LogP contribution in [0.2, 0.25) is 0 Å². The number of rotatable bonds is 2. The molecule has 2 aromatic rings. The highest BCUT2D eigenvalue weighted by Crippen LogP contribution is 2.15. The number of hydrogen-bond acceptors (Lipinski definition) is 2. The molecule has 2 aromatic carbocycles. The Balaban J connectivity index is 2.26. The standard InChI is InChI=1S/C15H11FN2O/c1-2-10-4-3-5-12(8-10)18-15(19)13-9-11(17)6-7-14(13)16/h1,3-9H,17H2,(H,18,19). The lowest BCUT2D eigenvalue weighted by atomic mass is 10.1. The number of nitrogens with one attached hydrogen (secondary N) is 1. The quantitative estimate of drug-likeness (QED) is 0.639. The first-order valence-electron chi connectivity index (χ1n) is 5.53. The number of amides is 1. The van der Waals surface area contributed by atoms with E-state index in [9.17, 15) is 9.18 Å². The lowest BCUT2D eigenvalue weighted by molar-refractivity contribution is 0.102. The second kappa shape index (κ2) is 5.23. The molecule has 0 unspecified atom stereocenters. The topological polar surface area (TPSA) is 55.1 Å². The van der Waals surface area contributed by atoms with Gasteiger partial charge in [-0.1, -0.05) is 12.0 Å². The fraction of sp³-hybridized carbons (Fsp3) is 0. The Kier molecular flexibility index (Phi) is 3.48. The summed E-state index contributed by atoms with van der Waals surface area (Å²) < 4.78 is 13.5. The van der Waals surface area contributed by atoms with Crippen LogP contribution in [-0.2, 0) is 0 Å². The monoisotopic (exact) mass is 254 g/mol. The molecule has 19 heavy (non-hydrogen) atoms. The number of carbonyl (C=O) groups excluding carboxylic acids is 1. The van der Waals surface area contributed by atoms with Crippen LogP contribution in [0.1, 0.15) is 15.9 Å². The number of carbonyl (C=O) groups is 1. The Morgan fingerprint density at radius 1 is 1.26 bits per heavy atom. The molecule has 0 aliphatic rings. The third kappa shape index (κ3) is 2.90. The van der Waals surface area contributed by atoms with Crippen molar-refractivity contribution in [3.05, 3.63) is 59.4 Å². The first-order valence-corrected chi connectivity index (χ1v) is 5.53. The number of benzene rings is 2. The van der Waals surface area contributed by atoms with Crippen LogP contribution in [-0.4, -0.2) is 5.91 Å². The molecule has 0 fully saturated rings. The Hall–Kier alpha value is -2.80. The van der Waals surface area contributed by atoms with Gasteiger partial charge in [0.2, 0.25) is 0 Å². The van der Waals surface area contributed by atoms with Crippen molar-refractivity contribution in [3.8, 4) is 12.3 Å². The molecule has 1 amide bonds. The number of nitrogens with two attached hydrogens (primary N) is 1. The summed E-state index contributed by atoms with van der Waals surface area (Å²) in [6, 6.07) is 10.6. The first-order chi connectivity index (χ1) is 9.10. The van der Waals surface area contributed by atoms with Crippen LogP contribution in [0.3, 0.4) is 0 Å². The van der Waals surface area contributed by atoms with Crippen molar-refractivity contribution in [2.24, 2.45) is 0 Å². The van der Waals surface area contributed by atoms with E-state index in [0.29, 0.717) is 16.9 Å². The maximum absolute atomic E-state index is 13.5. The molecule has 3 N–H and O–H groups in total. The van der Waals surface area contributed by atoms with Crippen LogP contribution in [0.25, 0.3) is 0 Å². The highest BCUT2D eigenvalue weighted by Gasteiger charge is 2.12. The lowest BCUT2D eigenvalue weighted by Crippen LogP contribution is -2.14. The summed E-state index contributed by atoms with van der Waals surface area (Å²) in [5.41, 5.74) is 6.88. The zero-order valence-corrected chi connectivity index (χ0v) is 9.98. The highest BCUT2D eigenvalue weighted by atomic mass is 19.1. The molecule has 0 saturated heterocycles. The molecule has 3 nitrogen and oxygen atoms in total. The second-order valence-corrected chi connectivity index (χ2v) is 3.92. The van der Waals surface area contributed by atoms with E-state index in [1.165, 1.54) is 12.1 Å². The summed E-state index contributed by atoms with van der Waals surface area (Å²) in [4.78, 5) is 11.9. The van der Waals surface area contributed by atoms with Gasteiger partial charge < -0.3 is 11.1 Å². The fourth-order valence-corrected chi connectivity index (χ4v) is 1.60. The molecule has 0 aliphatic carbocycles. The highest BCUT2D eigenvalue weighted by molar-refractivity contribution is 6.05. The fourth-order valence-electron chi connectivity index (χ4n) is 1.60. The maximum Gasteiger partial charge on any atom is 0.258 e. The number of anilines is 2. The molecule has 0 saturated carbocycles. The van der Waals surface area contributed by atoms with E-state index >= 15 is 0 Å². The third-order valence-electron chi connectivity index (χ3n) is 2.52. The summed E-state index contributed by atoms with van der Waals surface area (Å²) in [6.07, 6.45) is 5.27. The van der Waals surface area contributed by atoms with Gasteiger partial charge in [-0.25, -0.2) is 4.39 Å². The van der Waals surface area contributed by atoms with E-state index in [1.54, 1.807) is 24.3 Å². The number of hydrogen-bond donors (Lipinski definition) is 2. The van der Waals surface area contributed by atoms with Crippen LogP contribution in [0.15, 0.2) is 42.5 Å². The van der Waals surface area contributed by atoms with Crippen molar-refractivity contribution in [2.45, 2.75) is 0 Å². The van der Waals surface area contributed by atoms with Gasteiger partial charge in [-0.15, -0.1) is 6.42 Å². The van der Waals surface area contributed by atoms with Crippen molar-refractivity contribution >= 4 is 17.3 Å². The molecular formula is C15H11FN2O. The van der Waals surface area contributed by atoms with Crippen LogP contribution < -0.4 is 11.1 Å². The Morgan fingerprint density at radius 3 is 2.79 bits per heavy atom. The van der Waals surface area contributed by atoms with E-state index in [-0.39, 0.29) is 5.56 Å². The molecule has 0 bridgehead atoms. The number of halogens is 1. The lowest BCUT2D eigenvalue weighted by Gasteiger charge is -2.07. The van der Waals surface area contributed by atoms with Gasteiger partial charge in [-0.05, 0) is 36.4 Å². The molecule has 0 spiro atoms. The largest absolute Gasteiger partial charge is 0.399 e. The summed E-state index contributed by atoms with van der Waals surface area (Å²) in [5.74, 6) is 1.26. The van der Waals surface area contributed by atoms with Gasteiger partial charge in [0.05, 0.1) is 5.56 Å². The summed E-state index contributed by atoms with van der Waals surface area (Å²) in [7, 11) is 0. The van der Waals surface area contributed by atoms with Crippen LogP contribution >= 0.6 is 0 Å². The van der Waals surface area contributed by atoms with Gasteiger partial charge in [0.1, 0.15) is 5.82 Å². The van der Waals surface area contributed by atoms with Gasteiger partial charge in [-0.2, -0.15) is 0 Å². The molecule has 0 atom stereocenters. The van der Waals surface area contributed by atoms with Gasteiger partial charge in [0.15, 0.2) is 0 Å². The molecule has 2 rings (SSSR count). The zero-order valence-electron chi connectivity index (χ0n) is 9.98. The minimum absolute atomic E-state index is 0.105. The minimum Gasteiger partial charge on any atom is -0.399 e. The predicted molar refractivity (Wildman–Crippen MR) is 73.1 cm³/mol. The summed E-state index contributed by atoms with van der Waals surface area (Å²) >= 11 is 0. The van der Waals surface area contributed by atoms with E-state index in [1.807, 2.05) is 0 Å². The summed E-state index contributed by atoms with van der Waals surface area (Å²) in [6.45, 7) is 0. The third-order valence-corrected chi connectivity index (χ3v) is 2.52. The Labute approximate surface area is 110 Å². The Morgan fingerprint density at radius 2 is 2.05 bits per heavy atom. The Bertz CT molecular complexity index is 674. The summed E-state index contributed by atoms with van der Waals surface area (Å²) in [5, 5.41) is 2.57. The van der Waals surface area contributed by atoms with Crippen LogP contribution in [0, 0.1) is 18.2 Å². The van der Waals surface area contributed by atoms with Gasteiger partial charge in [0.25, 0.3) is 5.91 Å². The van der Waals surface area contributed by atoms with Crippen molar-refractivity contribution in [1.82, 2.24) is 0 Å². The molecule has 0 radical (unpaired) electrons. The molecule has 0 heterocycles. The first kappa shape index (κ1) is 12.7. The molecule has 0 aliphatic heterocycles. The predicted octanol–water partition coefficient (Wildman–Crippen LogP) is 2.64. The SMILES string of the molecule is C#Cc1cccc(NC(=O)c2cc(N)ccc2F)c1. The van der Waals surface area contributed by atoms with E-state index in [2.05, 4.69) is 11.2 Å². The van der Waals surface area contributed by atoms with Gasteiger partial charge in [0, 0.05) is 16.9 Å². The number of terminal acetylenes is 1. The average Bonchev–Trinajstić information content (AvgIpc) is 2.41. The van der Waals surface area contributed by atoms with Crippen molar-refractivity contribution in [3.63, 3.8) is 0 Å². The average molecular weight is 254 g/mol. The van der Waals surface area contributed by atoms with Gasteiger partial charge in [-0.3, -0.25) is 4.79 Å².